The van der Waals surface area contributed by atoms with Crippen molar-refractivity contribution in [2.24, 2.45) is 5.41 Å². The van der Waals surface area contributed by atoms with Crippen molar-refractivity contribution in [3.05, 3.63) is 22.8 Å². The zero-order valence-electron chi connectivity index (χ0n) is 10.8. The van der Waals surface area contributed by atoms with E-state index in [2.05, 4.69) is 0 Å². The first kappa shape index (κ1) is 13.6. The average molecular weight is 238 g/mol. The van der Waals surface area contributed by atoms with Crippen LogP contribution in [-0.2, 0) is 14.3 Å². The fraction of sp³-hybridized carbons (Fsp3) is 0.538. The zero-order valence-corrected chi connectivity index (χ0v) is 10.8. The van der Waals surface area contributed by atoms with E-state index < -0.39 is 11.4 Å². The van der Waals surface area contributed by atoms with Crippen molar-refractivity contribution in [1.82, 2.24) is 0 Å². The average Bonchev–Trinajstić information content (AvgIpc) is 2.14. The molecule has 0 bridgehead atoms. The van der Waals surface area contributed by atoms with E-state index >= 15 is 0 Å². The highest BCUT2D eigenvalue weighted by Gasteiger charge is 2.38. The Kier molecular flexibility index (Phi) is 3.57. The van der Waals surface area contributed by atoms with Gasteiger partial charge in [0, 0.05) is 18.1 Å². The van der Waals surface area contributed by atoms with E-state index in [0.29, 0.717) is 5.57 Å². The van der Waals surface area contributed by atoms with Crippen LogP contribution in [0.4, 0.5) is 0 Å². The van der Waals surface area contributed by atoms with Crippen LogP contribution in [0.5, 0.6) is 0 Å². The third-order valence-corrected chi connectivity index (χ3v) is 3.07. The van der Waals surface area contributed by atoms with Crippen molar-refractivity contribution >= 4 is 11.8 Å². The summed E-state index contributed by atoms with van der Waals surface area (Å²) >= 11 is 0. The number of carbonyl (C=O) groups excluding carboxylic acids is 1. The van der Waals surface area contributed by atoms with Gasteiger partial charge >= 0.3 is 5.97 Å². The number of ketones is 1. The highest BCUT2D eigenvalue weighted by molar-refractivity contribution is 6.09. The summed E-state index contributed by atoms with van der Waals surface area (Å²) in [6.45, 7) is 6.91. The maximum Gasteiger partial charge on any atom is 0.336 e. The normalized spacial score (nSPS) is 23.4. The molecule has 0 heterocycles. The summed E-state index contributed by atoms with van der Waals surface area (Å²) in [6.07, 6.45) is 1.33. The Hall–Kier alpha value is -1.42. The van der Waals surface area contributed by atoms with E-state index in [-0.39, 0.29) is 23.0 Å². The summed E-state index contributed by atoms with van der Waals surface area (Å²) in [5.74, 6) is -1.31. The third-order valence-electron chi connectivity index (χ3n) is 3.07. The molecule has 94 valence electrons. The second-order valence-electron chi connectivity index (χ2n) is 4.91. The van der Waals surface area contributed by atoms with Crippen molar-refractivity contribution in [2.45, 2.75) is 33.8 Å². The summed E-state index contributed by atoms with van der Waals surface area (Å²) in [5.41, 5.74) is 0.591. The largest absolute Gasteiger partial charge is 0.478 e. The Labute approximate surface area is 101 Å². The zero-order chi connectivity index (χ0) is 13.4. The number of hydrogen-bond acceptors (Lipinski definition) is 3. The standard InChI is InChI=1S/C13H18O4/c1-7-10(8(2)14)9(12(15)16)6-13(3,4)11(7)17-5/h6,11H,1-5H3,(H,15,16). The van der Waals surface area contributed by atoms with E-state index in [9.17, 15) is 14.7 Å². The molecule has 0 fully saturated rings. The van der Waals surface area contributed by atoms with Crippen LogP contribution in [0.3, 0.4) is 0 Å². The molecular weight excluding hydrogens is 220 g/mol. The van der Waals surface area contributed by atoms with Gasteiger partial charge < -0.3 is 9.84 Å². The molecule has 0 aromatic heterocycles. The second-order valence-corrected chi connectivity index (χ2v) is 4.91. The summed E-state index contributed by atoms with van der Waals surface area (Å²) in [5, 5.41) is 9.17. The van der Waals surface area contributed by atoms with Crippen LogP contribution in [0.25, 0.3) is 0 Å². The van der Waals surface area contributed by atoms with E-state index in [1.54, 1.807) is 20.1 Å². The molecule has 1 aliphatic carbocycles. The Bertz CT molecular complexity index is 427. The number of hydrogen-bond donors (Lipinski definition) is 1. The van der Waals surface area contributed by atoms with Gasteiger partial charge in [-0.05, 0) is 19.4 Å². The van der Waals surface area contributed by atoms with Gasteiger partial charge in [0.2, 0.25) is 0 Å². The van der Waals surface area contributed by atoms with Crippen molar-refractivity contribution < 1.29 is 19.4 Å². The summed E-state index contributed by atoms with van der Waals surface area (Å²) in [7, 11) is 1.56. The summed E-state index contributed by atoms with van der Waals surface area (Å²) in [4.78, 5) is 22.8. The number of methoxy groups -OCH3 is 1. The minimum absolute atomic E-state index is 0.0771. The first-order valence-electron chi connectivity index (χ1n) is 5.43. The van der Waals surface area contributed by atoms with Crippen LogP contribution < -0.4 is 0 Å². The topological polar surface area (TPSA) is 63.6 Å². The fourth-order valence-corrected chi connectivity index (χ4v) is 2.54. The predicted molar refractivity (Wildman–Crippen MR) is 63.7 cm³/mol. The quantitative estimate of drug-likeness (QED) is 0.816. The lowest BCUT2D eigenvalue weighted by Crippen LogP contribution is -2.36. The molecule has 0 aromatic carbocycles. The van der Waals surface area contributed by atoms with Crippen molar-refractivity contribution in [2.75, 3.05) is 7.11 Å². The van der Waals surface area contributed by atoms with Gasteiger partial charge in [-0.15, -0.1) is 0 Å². The van der Waals surface area contributed by atoms with Crippen molar-refractivity contribution in [3.8, 4) is 0 Å². The molecule has 0 spiro atoms. The van der Waals surface area contributed by atoms with Crippen LogP contribution in [0.2, 0.25) is 0 Å². The van der Waals surface area contributed by atoms with Gasteiger partial charge in [-0.2, -0.15) is 0 Å². The lowest BCUT2D eigenvalue weighted by atomic mass is 9.73. The number of carboxylic acid groups (broad SMARTS) is 1. The number of aliphatic carboxylic acids is 1. The summed E-state index contributed by atoms with van der Waals surface area (Å²) in [6, 6.07) is 0. The fourth-order valence-electron chi connectivity index (χ4n) is 2.54. The van der Waals surface area contributed by atoms with Gasteiger partial charge in [0.15, 0.2) is 5.78 Å². The Morgan fingerprint density at radius 1 is 1.41 bits per heavy atom. The second kappa shape index (κ2) is 4.45. The van der Waals surface area contributed by atoms with E-state index in [1.807, 2.05) is 13.8 Å². The van der Waals surface area contributed by atoms with Gasteiger partial charge in [0.05, 0.1) is 11.7 Å². The smallest absolute Gasteiger partial charge is 0.336 e. The first-order chi connectivity index (χ1) is 7.72. The Balaban J connectivity index is 3.46. The molecule has 1 rings (SSSR count). The number of carbonyl (C=O) groups is 2. The minimum Gasteiger partial charge on any atom is -0.478 e. The van der Waals surface area contributed by atoms with E-state index in [0.717, 1.165) is 0 Å². The molecular formula is C13H18O4. The van der Waals surface area contributed by atoms with Crippen LogP contribution in [0.1, 0.15) is 27.7 Å². The van der Waals surface area contributed by atoms with E-state index in [4.69, 9.17) is 4.74 Å². The molecule has 0 aromatic rings. The number of ether oxygens (including phenoxy) is 1. The minimum atomic E-state index is -1.07. The lowest BCUT2D eigenvalue weighted by Gasteiger charge is -2.36. The van der Waals surface area contributed by atoms with Gasteiger partial charge in [-0.1, -0.05) is 19.9 Å². The number of Topliss-reactive ketones (excluding diaryl/α,β-unsaturated/α-hetero) is 1. The maximum atomic E-state index is 11.6. The molecule has 0 aliphatic heterocycles. The van der Waals surface area contributed by atoms with Crippen molar-refractivity contribution in [3.63, 3.8) is 0 Å². The van der Waals surface area contributed by atoms with Gasteiger partial charge in [0.1, 0.15) is 0 Å². The van der Waals surface area contributed by atoms with Crippen molar-refractivity contribution in [1.29, 1.82) is 0 Å². The summed E-state index contributed by atoms with van der Waals surface area (Å²) < 4.78 is 5.38. The molecule has 1 atom stereocenters. The predicted octanol–water partition coefficient (Wildman–Crippen LogP) is 1.96. The molecule has 1 N–H and O–H groups in total. The van der Waals surface area contributed by atoms with Gasteiger partial charge in [-0.25, -0.2) is 4.79 Å². The Morgan fingerprint density at radius 2 is 1.94 bits per heavy atom. The molecule has 0 radical (unpaired) electrons. The monoisotopic (exact) mass is 238 g/mol. The molecule has 4 nitrogen and oxygen atoms in total. The Morgan fingerprint density at radius 3 is 2.29 bits per heavy atom. The molecule has 1 unspecified atom stereocenters. The van der Waals surface area contributed by atoms with Gasteiger partial charge in [0.25, 0.3) is 0 Å². The molecule has 17 heavy (non-hydrogen) atoms. The first-order valence-corrected chi connectivity index (χ1v) is 5.43. The molecule has 0 saturated heterocycles. The highest BCUT2D eigenvalue weighted by atomic mass is 16.5. The number of carboxylic acids is 1. The molecule has 0 saturated carbocycles. The number of rotatable bonds is 3. The van der Waals surface area contributed by atoms with E-state index in [1.165, 1.54) is 6.92 Å². The van der Waals surface area contributed by atoms with Crippen LogP contribution in [-0.4, -0.2) is 30.1 Å². The highest BCUT2D eigenvalue weighted by Crippen LogP contribution is 2.39. The van der Waals surface area contributed by atoms with Crippen LogP contribution in [0, 0.1) is 5.41 Å². The van der Waals surface area contributed by atoms with Crippen LogP contribution >= 0.6 is 0 Å². The molecule has 4 heteroatoms. The SMILES string of the molecule is COC1C(C)=C(C(C)=O)C(C(=O)O)=CC1(C)C. The van der Waals surface area contributed by atoms with Gasteiger partial charge in [-0.3, -0.25) is 4.79 Å². The van der Waals surface area contributed by atoms with Crippen LogP contribution in [0.15, 0.2) is 22.8 Å². The lowest BCUT2D eigenvalue weighted by molar-refractivity contribution is -0.133. The maximum absolute atomic E-state index is 11.6. The molecule has 1 aliphatic rings. The third kappa shape index (κ3) is 2.31. The molecule has 0 amide bonds.